The van der Waals surface area contributed by atoms with Gasteiger partial charge in [0.1, 0.15) is 0 Å². The number of carbonyl (C=O) groups excluding carboxylic acids is 1. The molecule has 0 bridgehead atoms. The molecule has 0 radical (unpaired) electrons. The Balaban J connectivity index is 1.68. The summed E-state index contributed by atoms with van der Waals surface area (Å²) >= 11 is 1.33. The summed E-state index contributed by atoms with van der Waals surface area (Å²) in [5.74, 6) is -1.25. The Hall–Kier alpha value is -1.14. The highest BCUT2D eigenvalue weighted by atomic mass is 32.2. The Morgan fingerprint density at radius 3 is 2.62 bits per heavy atom. The van der Waals surface area contributed by atoms with Gasteiger partial charge in [0, 0.05) is 23.1 Å². The quantitative estimate of drug-likeness (QED) is 0.822. The number of hydrogen-bond donors (Lipinski definition) is 2. The van der Waals surface area contributed by atoms with E-state index in [1.807, 2.05) is 0 Å². The van der Waals surface area contributed by atoms with E-state index in [0.717, 1.165) is 37.8 Å². The minimum Gasteiger partial charge on any atom is -0.393 e. The van der Waals surface area contributed by atoms with Gasteiger partial charge < -0.3 is 10.4 Å². The van der Waals surface area contributed by atoms with E-state index in [-0.39, 0.29) is 18.1 Å². The monoisotopic (exact) mass is 315 g/mol. The number of carbonyl (C=O) groups is 1. The Kier molecular flexibility index (Phi) is 5.99. The molecule has 21 heavy (non-hydrogen) atoms. The predicted octanol–water partition coefficient (Wildman–Crippen LogP) is 2.87. The van der Waals surface area contributed by atoms with Crippen LogP contribution >= 0.6 is 11.8 Å². The van der Waals surface area contributed by atoms with Gasteiger partial charge in [-0.15, -0.1) is 11.8 Å². The van der Waals surface area contributed by atoms with Crippen molar-refractivity contribution in [2.75, 3.05) is 5.75 Å². The number of rotatable bonds is 5. The number of amides is 1. The lowest BCUT2D eigenvalue weighted by atomic mass is 9.93. The third-order valence-electron chi connectivity index (χ3n) is 3.55. The second kappa shape index (κ2) is 7.75. The lowest BCUT2D eigenvalue weighted by Crippen LogP contribution is -2.38. The molecule has 0 aromatic heterocycles. The molecule has 1 aliphatic carbocycles. The second-order valence-electron chi connectivity index (χ2n) is 5.25. The smallest absolute Gasteiger partial charge is 0.221 e. The van der Waals surface area contributed by atoms with Crippen LogP contribution in [0.3, 0.4) is 0 Å². The molecule has 1 amide bonds. The molecule has 0 heterocycles. The number of nitrogens with one attached hydrogen (secondary N) is 1. The highest BCUT2D eigenvalue weighted by molar-refractivity contribution is 7.99. The summed E-state index contributed by atoms with van der Waals surface area (Å²) in [6.07, 6.45) is 3.18. The Bertz CT molecular complexity index is 491. The van der Waals surface area contributed by atoms with Crippen LogP contribution in [-0.4, -0.2) is 28.9 Å². The first-order valence-corrected chi connectivity index (χ1v) is 8.08. The van der Waals surface area contributed by atoms with Crippen LogP contribution in [0.25, 0.3) is 0 Å². The molecule has 0 aliphatic heterocycles. The molecule has 0 atom stereocenters. The van der Waals surface area contributed by atoms with E-state index in [1.165, 1.54) is 17.8 Å². The van der Waals surface area contributed by atoms with Crippen molar-refractivity contribution >= 4 is 17.7 Å². The molecule has 6 heteroatoms. The molecule has 1 saturated carbocycles. The van der Waals surface area contributed by atoms with E-state index in [1.54, 1.807) is 0 Å². The molecule has 1 aromatic carbocycles. The van der Waals surface area contributed by atoms with Gasteiger partial charge in [-0.2, -0.15) is 0 Å². The number of halogens is 2. The summed E-state index contributed by atoms with van der Waals surface area (Å²) < 4.78 is 25.8. The van der Waals surface area contributed by atoms with Crippen molar-refractivity contribution in [1.82, 2.24) is 5.32 Å². The van der Waals surface area contributed by atoms with Crippen molar-refractivity contribution in [2.45, 2.75) is 49.1 Å². The molecule has 0 saturated heterocycles. The fourth-order valence-electron chi connectivity index (χ4n) is 2.35. The second-order valence-corrected chi connectivity index (χ2v) is 6.42. The molecule has 0 spiro atoms. The van der Waals surface area contributed by atoms with Crippen molar-refractivity contribution in [3.05, 3.63) is 29.8 Å². The van der Waals surface area contributed by atoms with E-state index in [4.69, 9.17) is 0 Å². The molecule has 2 N–H and O–H groups in total. The van der Waals surface area contributed by atoms with Crippen LogP contribution in [0.2, 0.25) is 0 Å². The Labute approximate surface area is 127 Å². The van der Waals surface area contributed by atoms with E-state index in [0.29, 0.717) is 17.1 Å². The van der Waals surface area contributed by atoms with E-state index >= 15 is 0 Å². The van der Waals surface area contributed by atoms with Crippen LogP contribution < -0.4 is 5.32 Å². The van der Waals surface area contributed by atoms with Gasteiger partial charge in [0.25, 0.3) is 0 Å². The fraction of sp³-hybridized carbons (Fsp3) is 0.533. The van der Waals surface area contributed by atoms with Gasteiger partial charge in [0.05, 0.1) is 6.10 Å². The molecule has 116 valence electrons. The number of thioether (sulfide) groups is 1. The largest absolute Gasteiger partial charge is 0.393 e. The highest BCUT2D eigenvalue weighted by Crippen LogP contribution is 2.21. The van der Waals surface area contributed by atoms with Gasteiger partial charge in [0.15, 0.2) is 11.6 Å². The van der Waals surface area contributed by atoms with Gasteiger partial charge in [-0.3, -0.25) is 4.79 Å². The zero-order valence-electron chi connectivity index (χ0n) is 11.6. The van der Waals surface area contributed by atoms with Crippen molar-refractivity contribution in [1.29, 1.82) is 0 Å². The molecule has 0 unspecified atom stereocenters. The number of aliphatic hydroxyl groups excluding tert-OH is 1. The van der Waals surface area contributed by atoms with Crippen molar-refractivity contribution in [3.63, 3.8) is 0 Å². The van der Waals surface area contributed by atoms with Crippen molar-refractivity contribution in [3.8, 4) is 0 Å². The van der Waals surface area contributed by atoms with Crippen LogP contribution in [0.1, 0.15) is 32.1 Å². The van der Waals surface area contributed by atoms with E-state index < -0.39 is 11.6 Å². The van der Waals surface area contributed by atoms with Crippen LogP contribution in [0.5, 0.6) is 0 Å². The van der Waals surface area contributed by atoms with Gasteiger partial charge in [-0.1, -0.05) is 0 Å². The molecule has 2 rings (SSSR count). The molecule has 3 nitrogen and oxygen atoms in total. The maximum absolute atomic E-state index is 13.0. The lowest BCUT2D eigenvalue weighted by Gasteiger charge is -2.26. The zero-order chi connectivity index (χ0) is 15.2. The summed E-state index contributed by atoms with van der Waals surface area (Å²) in [5.41, 5.74) is 0. The van der Waals surface area contributed by atoms with Crippen molar-refractivity contribution in [2.24, 2.45) is 0 Å². The normalized spacial score (nSPS) is 22.0. The first kappa shape index (κ1) is 16.2. The standard InChI is InChI=1S/C15H19F2NO2S/c16-13-6-5-12(9-14(13)17)21-8-7-15(20)18-10-1-3-11(19)4-2-10/h5-6,9-11,19H,1-4,7-8H2,(H,18,20). The third kappa shape index (κ3) is 5.28. The Morgan fingerprint density at radius 1 is 1.24 bits per heavy atom. The first-order valence-electron chi connectivity index (χ1n) is 7.10. The van der Waals surface area contributed by atoms with Gasteiger partial charge in [-0.25, -0.2) is 8.78 Å². The molecular weight excluding hydrogens is 296 g/mol. The van der Waals surface area contributed by atoms with Crippen LogP contribution in [-0.2, 0) is 4.79 Å². The summed E-state index contributed by atoms with van der Waals surface area (Å²) in [6, 6.07) is 3.88. The number of benzene rings is 1. The number of aliphatic hydroxyl groups is 1. The van der Waals surface area contributed by atoms with Crippen LogP contribution in [0.15, 0.2) is 23.1 Å². The Morgan fingerprint density at radius 2 is 1.95 bits per heavy atom. The average Bonchev–Trinajstić information content (AvgIpc) is 2.45. The fourth-order valence-corrected chi connectivity index (χ4v) is 3.22. The molecule has 1 aromatic rings. The van der Waals surface area contributed by atoms with Crippen LogP contribution in [0.4, 0.5) is 8.78 Å². The maximum Gasteiger partial charge on any atom is 0.221 e. The summed E-state index contributed by atoms with van der Waals surface area (Å²) in [5, 5.41) is 12.3. The first-order chi connectivity index (χ1) is 10.0. The highest BCUT2D eigenvalue weighted by Gasteiger charge is 2.20. The molecule has 1 aliphatic rings. The van der Waals surface area contributed by atoms with Gasteiger partial charge in [-0.05, 0) is 43.9 Å². The van der Waals surface area contributed by atoms with E-state index in [2.05, 4.69) is 5.32 Å². The SMILES string of the molecule is O=C(CCSc1ccc(F)c(F)c1)NC1CCC(O)CC1. The van der Waals surface area contributed by atoms with Gasteiger partial charge >= 0.3 is 0 Å². The maximum atomic E-state index is 13.0. The average molecular weight is 315 g/mol. The molecule has 1 fully saturated rings. The lowest BCUT2D eigenvalue weighted by molar-refractivity contribution is -0.121. The summed E-state index contributed by atoms with van der Waals surface area (Å²) in [7, 11) is 0. The number of hydrogen-bond acceptors (Lipinski definition) is 3. The predicted molar refractivity (Wildman–Crippen MR) is 78.1 cm³/mol. The van der Waals surface area contributed by atoms with Crippen molar-refractivity contribution < 1.29 is 18.7 Å². The van der Waals surface area contributed by atoms with Gasteiger partial charge in [0.2, 0.25) is 5.91 Å². The van der Waals surface area contributed by atoms with Crippen LogP contribution in [0, 0.1) is 11.6 Å². The minimum absolute atomic E-state index is 0.0357. The zero-order valence-corrected chi connectivity index (χ0v) is 12.5. The van der Waals surface area contributed by atoms with E-state index in [9.17, 15) is 18.7 Å². The topological polar surface area (TPSA) is 49.3 Å². The minimum atomic E-state index is -0.870. The summed E-state index contributed by atoms with van der Waals surface area (Å²) in [6.45, 7) is 0. The third-order valence-corrected chi connectivity index (χ3v) is 4.55. The summed E-state index contributed by atoms with van der Waals surface area (Å²) in [4.78, 5) is 12.4. The molecular formula is C15H19F2NO2S.